The predicted molar refractivity (Wildman–Crippen MR) is 78.5 cm³/mol. The fourth-order valence-corrected chi connectivity index (χ4v) is 1.39. The van der Waals surface area contributed by atoms with Gasteiger partial charge in [-0.2, -0.15) is 0 Å². The zero-order valence-corrected chi connectivity index (χ0v) is 12.9. The van der Waals surface area contributed by atoms with Crippen molar-refractivity contribution in [1.82, 2.24) is 10.6 Å². The lowest BCUT2D eigenvalue weighted by Crippen LogP contribution is -2.46. The first-order chi connectivity index (χ1) is 8.73. The smallest absolute Gasteiger partial charge is 0.0706 e. The van der Waals surface area contributed by atoms with Crippen molar-refractivity contribution in [2.24, 2.45) is 15.7 Å². The fraction of sp³-hybridized carbons (Fsp3) is 0.846. The standard InChI is InChI=1S/C13H28N4O2/c1-9(11(3)16-18)14-7-13(5,6)8-15-10(2)12(4)17-19/h9-10,14-15,18-19H,7-8H2,1-6H3/b16-11+,17-12+/t9-,10+. The first kappa shape index (κ1) is 17.9. The van der Waals surface area contributed by atoms with E-state index in [0.717, 1.165) is 13.1 Å². The Morgan fingerprint density at radius 2 is 1.26 bits per heavy atom. The van der Waals surface area contributed by atoms with Crippen LogP contribution < -0.4 is 10.6 Å². The quantitative estimate of drug-likeness (QED) is 0.307. The van der Waals surface area contributed by atoms with Gasteiger partial charge in [-0.1, -0.05) is 24.2 Å². The van der Waals surface area contributed by atoms with Gasteiger partial charge in [0.2, 0.25) is 0 Å². The number of nitrogens with one attached hydrogen (secondary N) is 2. The summed E-state index contributed by atoms with van der Waals surface area (Å²) in [5.41, 5.74) is 1.37. The zero-order chi connectivity index (χ0) is 15.1. The van der Waals surface area contributed by atoms with Crippen LogP contribution in [-0.4, -0.2) is 47.0 Å². The Labute approximate surface area is 116 Å². The molecule has 0 aliphatic rings. The van der Waals surface area contributed by atoms with Gasteiger partial charge in [0.1, 0.15) is 0 Å². The second kappa shape index (κ2) is 8.12. The lowest BCUT2D eigenvalue weighted by molar-refractivity contribution is 0.298. The average molecular weight is 272 g/mol. The summed E-state index contributed by atoms with van der Waals surface area (Å²) in [5.74, 6) is 0. The average Bonchev–Trinajstić information content (AvgIpc) is 2.40. The van der Waals surface area contributed by atoms with E-state index in [9.17, 15) is 0 Å². The van der Waals surface area contributed by atoms with E-state index < -0.39 is 0 Å². The van der Waals surface area contributed by atoms with Crippen molar-refractivity contribution >= 4 is 11.4 Å². The third-order valence-electron chi connectivity index (χ3n) is 3.34. The predicted octanol–water partition coefficient (Wildman–Crippen LogP) is 1.67. The minimum Gasteiger partial charge on any atom is -0.411 e. The summed E-state index contributed by atoms with van der Waals surface area (Å²) in [6.07, 6.45) is 0. The van der Waals surface area contributed by atoms with Gasteiger partial charge in [0.15, 0.2) is 0 Å². The molecule has 6 nitrogen and oxygen atoms in total. The van der Waals surface area contributed by atoms with Gasteiger partial charge in [0.05, 0.1) is 11.4 Å². The summed E-state index contributed by atoms with van der Waals surface area (Å²) in [6, 6.07) is 0.0878. The Morgan fingerprint density at radius 3 is 1.53 bits per heavy atom. The van der Waals surface area contributed by atoms with Crippen LogP contribution in [0.25, 0.3) is 0 Å². The van der Waals surface area contributed by atoms with E-state index in [1.165, 1.54) is 0 Å². The van der Waals surface area contributed by atoms with Gasteiger partial charge in [-0.05, 0) is 33.1 Å². The molecule has 0 fully saturated rings. The molecule has 0 bridgehead atoms. The van der Waals surface area contributed by atoms with Gasteiger partial charge in [0, 0.05) is 25.2 Å². The molecule has 0 unspecified atom stereocenters. The second-order valence-electron chi connectivity index (χ2n) is 5.85. The maximum Gasteiger partial charge on any atom is 0.0706 e. The van der Waals surface area contributed by atoms with E-state index in [2.05, 4.69) is 34.8 Å². The summed E-state index contributed by atoms with van der Waals surface area (Å²) in [6.45, 7) is 13.4. The molecular formula is C13H28N4O2. The molecule has 2 atom stereocenters. The highest BCUT2D eigenvalue weighted by molar-refractivity contribution is 5.86. The second-order valence-corrected chi connectivity index (χ2v) is 5.85. The highest BCUT2D eigenvalue weighted by Gasteiger charge is 2.20. The molecule has 0 aromatic rings. The van der Waals surface area contributed by atoms with E-state index in [4.69, 9.17) is 10.4 Å². The van der Waals surface area contributed by atoms with Crippen LogP contribution in [0, 0.1) is 5.41 Å². The maximum absolute atomic E-state index is 8.70. The topological polar surface area (TPSA) is 89.2 Å². The van der Waals surface area contributed by atoms with E-state index in [-0.39, 0.29) is 17.5 Å². The molecule has 112 valence electrons. The van der Waals surface area contributed by atoms with E-state index in [0.29, 0.717) is 11.4 Å². The first-order valence-corrected chi connectivity index (χ1v) is 6.57. The van der Waals surface area contributed by atoms with Crippen molar-refractivity contribution in [3.63, 3.8) is 0 Å². The highest BCUT2D eigenvalue weighted by Crippen LogP contribution is 2.12. The number of hydrogen-bond acceptors (Lipinski definition) is 6. The van der Waals surface area contributed by atoms with Crippen LogP contribution in [0.3, 0.4) is 0 Å². The van der Waals surface area contributed by atoms with Crippen LogP contribution in [0.2, 0.25) is 0 Å². The molecule has 0 saturated heterocycles. The Kier molecular flexibility index (Phi) is 7.63. The number of rotatable bonds is 8. The molecule has 0 aliphatic carbocycles. The monoisotopic (exact) mass is 272 g/mol. The van der Waals surface area contributed by atoms with Gasteiger partial charge < -0.3 is 21.0 Å². The van der Waals surface area contributed by atoms with Crippen LogP contribution in [0.5, 0.6) is 0 Å². The van der Waals surface area contributed by atoms with Gasteiger partial charge in [0.25, 0.3) is 0 Å². The number of oxime groups is 2. The third kappa shape index (κ3) is 7.12. The van der Waals surface area contributed by atoms with E-state index in [1.807, 2.05) is 13.8 Å². The Hall–Kier alpha value is -1.14. The molecule has 0 aromatic carbocycles. The van der Waals surface area contributed by atoms with Crippen LogP contribution in [0.1, 0.15) is 41.5 Å². The SMILES string of the molecule is C/C(=N\O)[C@H](C)NCC(C)(C)CN[C@H](C)/C(C)=N/O. The Bertz CT molecular complexity index is 297. The van der Waals surface area contributed by atoms with Crippen LogP contribution in [0.4, 0.5) is 0 Å². The summed E-state index contributed by atoms with van der Waals surface area (Å²) >= 11 is 0. The molecule has 0 rings (SSSR count). The van der Waals surface area contributed by atoms with Gasteiger partial charge >= 0.3 is 0 Å². The molecule has 0 saturated carbocycles. The molecule has 0 radical (unpaired) electrons. The van der Waals surface area contributed by atoms with Gasteiger partial charge in [-0.25, -0.2) is 0 Å². The Morgan fingerprint density at radius 1 is 0.947 bits per heavy atom. The van der Waals surface area contributed by atoms with Gasteiger partial charge in [-0.3, -0.25) is 0 Å². The summed E-state index contributed by atoms with van der Waals surface area (Å²) < 4.78 is 0. The molecule has 6 heteroatoms. The lowest BCUT2D eigenvalue weighted by Gasteiger charge is -2.29. The van der Waals surface area contributed by atoms with Crippen molar-refractivity contribution in [3.05, 3.63) is 0 Å². The summed E-state index contributed by atoms with van der Waals surface area (Å²) in [5, 5.41) is 30.4. The molecule has 0 aromatic heterocycles. The number of hydrogen-bond donors (Lipinski definition) is 4. The van der Waals surface area contributed by atoms with Crippen molar-refractivity contribution in [3.8, 4) is 0 Å². The molecule has 0 heterocycles. The van der Waals surface area contributed by atoms with Crippen molar-refractivity contribution in [2.45, 2.75) is 53.6 Å². The van der Waals surface area contributed by atoms with Crippen LogP contribution in [-0.2, 0) is 0 Å². The maximum atomic E-state index is 8.70. The van der Waals surface area contributed by atoms with E-state index in [1.54, 1.807) is 13.8 Å². The van der Waals surface area contributed by atoms with Crippen LogP contribution >= 0.6 is 0 Å². The molecule has 0 aliphatic heterocycles. The normalized spacial score (nSPS) is 17.4. The van der Waals surface area contributed by atoms with Crippen molar-refractivity contribution in [1.29, 1.82) is 0 Å². The minimum atomic E-state index is 0.0357. The third-order valence-corrected chi connectivity index (χ3v) is 3.34. The first-order valence-electron chi connectivity index (χ1n) is 6.57. The lowest BCUT2D eigenvalue weighted by atomic mass is 9.92. The molecular weight excluding hydrogens is 244 g/mol. The minimum absolute atomic E-state index is 0.0357. The van der Waals surface area contributed by atoms with Crippen LogP contribution in [0.15, 0.2) is 10.3 Å². The largest absolute Gasteiger partial charge is 0.411 e. The molecule has 19 heavy (non-hydrogen) atoms. The molecule has 0 spiro atoms. The zero-order valence-electron chi connectivity index (χ0n) is 12.9. The fourth-order valence-electron chi connectivity index (χ4n) is 1.39. The number of nitrogens with zero attached hydrogens (tertiary/aromatic N) is 2. The van der Waals surface area contributed by atoms with E-state index >= 15 is 0 Å². The van der Waals surface area contributed by atoms with Crippen molar-refractivity contribution in [2.75, 3.05) is 13.1 Å². The summed E-state index contributed by atoms with van der Waals surface area (Å²) in [7, 11) is 0. The highest BCUT2D eigenvalue weighted by atomic mass is 16.4. The van der Waals surface area contributed by atoms with Gasteiger partial charge in [-0.15, -0.1) is 0 Å². The Balaban J connectivity index is 4.19. The molecule has 4 N–H and O–H groups in total. The van der Waals surface area contributed by atoms with Crippen molar-refractivity contribution < 1.29 is 10.4 Å². The summed E-state index contributed by atoms with van der Waals surface area (Å²) in [4.78, 5) is 0. The molecule has 0 amide bonds.